The SMILES string of the molecule is CC(NC(=O)NCCC1=CCCC1)(C(=O)O)C(F)(F)F. The Kier molecular flexibility index (Phi) is 5.02. The van der Waals surface area contributed by atoms with E-state index in [4.69, 9.17) is 5.11 Å². The molecule has 0 aromatic rings. The third-order valence-corrected chi connectivity index (χ3v) is 3.22. The second-order valence-corrected chi connectivity index (χ2v) is 4.81. The summed E-state index contributed by atoms with van der Waals surface area (Å²) < 4.78 is 38.0. The van der Waals surface area contributed by atoms with Crippen molar-refractivity contribution in [3.05, 3.63) is 11.6 Å². The van der Waals surface area contributed by atoms with Crippen LogP contribution < -0.4 is 10.6 Å². The van der Waals surface area contributed by atoms with E-state index < -0.39 is 23.7 Å². The number of halogens is 3. The Hall–Kier alpha value is -1.73. The molecule has 20 heavy (non-hydrogen) atoms. The average Bonchev–Trinajstić information content (AvgIpc) is 2.80. The normalized spacial score (nSPS) is 18.1. The number of alkyl halides is 3. The van der Waals surface area contributed by atoms with Crippen molar-refractivity contribution in [3.63, 3.8) is 0 Å². The average molecular weight is 294 g/mol. The zero-order valence-electron chi connectivity index (χ0n) is 11.0. The van der Waals surface area contributed by atoms with Crippen LogP contribution in [0, 0.1) is 0 Å². The molecule has 0 spiro atoms. The first-order valence-electron chi connectivity index (χ1n) is 6.21. The molecule has 0 saturated carbocycles. The zero-order valence-corrected chi connectivity index (χ0v) is 11.0. The van der Waals surface area contributed by atoms with Gasteiger partial charge in [-0.15, -0.1) is 0 Å². The fraction of sp³-hybridized carbons (Fsp3) is 0.667. The first-order chi connectivity index (χ1) is 9.17. The van der Waals surface area contributed by atoms with Crippen LogP contribution in [0.15, 0.2) is 11.6 Å². The van der Waals surface area contributed by atoms with Crippen molar-refractivity contribution in [2.45, 2.75) is 44.3 Å². The number of aliphatic carboxylic acids is 1. The molecule has 5 nitrogen and oxygen atoms in total. The summed E-state index contributed by atoms with van der Waals surface area (Å²) in [5.74, 6) is -2.15. The first kappa shape index (κ1) is 16.3. The van der Waals surface area contributed by atoms with E-state index in [1.165, 1.54) is 5.32 Å². The summed E-state index contributed by atoms with van der Waals surface area (Å²) >= 11 is 0. The monoisotopic (exact) mass is 294 g/mol. The van der Waals surface area contributed by atoms with Crippen LogP contribution >= 0.6 is 0 Å². The van der Waals surface area contributed by atoms with Gasteiger partial charge in [-0.3, -0.25) is 0 Å². The van der Waals surface area contributed by atoms with Crippen LogP contribution in [0.2, 0.25) is 0 Å². The molecular formula is C12H17F3N2O3. The van der Waals surface area contributed by atoms with Crippen LogP contribution in [-0.2, 0) is 4.79 Å². The van der Waals surface area contributed by atoms with Crippen molar-refractivity contribution in [1.82, 2.24) is 10.6 Å². The Bertz CT molecular complexity index is 421. The number of allylic oxidation sites excluding steroid dienone is 1. The van der Waals surface area contributed by atoms with Crippen molar-refractivity contribution in [3.8, 4) is 0 Å². The third kappa shape index (κ3) is 3.88. The van der Waals surface area contributed by atoms with Crippen molar-refractivity contribution >= 4 is 12.0 Å². The number of rotatable bonds is 5. The maximum atomic E-state index is 12.7. The molecule has 3 N–H and O–H groups in total. The van der Waals surface area contributed by atoms with Gasteiger partial charge in [-0.1, -0.05) is 11.6 Å². The van der Waals surface area contributed by atoms with Crippen molar-refractivity contribution in [1.29, 1.82) is 0 Å². The third-order valence-electron chi connectivity index (χ3n) is 3.22. The van der Waals surface area contributed by atoms with Gasteiger partial charge < -0.3 is 15.7 Å². The number of hydrogen-bond donors (Lipinski definition) is 3. The van der Waals surface area contributed by atoms with E-state index in [0.29, 0.717) is 13.3 Å². The lowest BCUT2D eigenvalue weighted by Gasteiger charge is -2.28. The van der Waals surface area contributed by atoms with Gasteiger partial charge in [-0.2, -0.15) is 13.2 Å². The van der Waals surface area contributed by atoms with Crippen LogP contribution in [-0.4, -0.2) is 35.4 Å². The smallest absolute Gasteiger partial charge is 0.422 e. The van der Waals surface area contributed by atoms with Crippen LogP contribution in [0.1, 0.15) is 32.6 Å². The van der Waals surface area contributed by atoms with Crippen LogP contribution in [0.25, 0.3) is 0 Å². The van der Waals surface area contributed by atoms with E-state index in [-0.39, 0.29) is 6.54 Å². The molecule has 0 bridgehead atoms. The Labute approximate surface area is 114 Å². The highest BCUT2D eigenvalue weighted by Gasteiger charge is 2.58. The molecule has 8 heteroatoms. The highest BCUT2D eigenvalue weighted by atomic mass is 19.4. The van der Waals surface area contributed by atoms with E-state index in [0.717, 1.165) is 24.8 Å². The standard InChI is InChI=1S/C12H17F3N2O3/c1-11(9(18)19,12(13,14)15)17-10(20)16-7-6-8-4-2-3-5-8/h4H,2-3,5-7H2,1H3,(H,18,19)(H2,16,17,20). The highest BCUT2D eigenvalue weighted by molar-refractivity contribution is 5.86. The molecule has 0 saturated heterocycles. The molecule has 1 aliphatic rings. The van der Waals surface area contributed by atoms with Gasteiger partial charge in [-0.05, 0) is 32.6 Å². The predicted octanol–water partition coefficient (Wildman–Crippen LogP) is 2.19. The lowest BCUT2D eigenvalue weighted by Crippen LogP contribution is -2.63. The number of nitrogens with one attached hydrogen (secondary N) is 2. The van der Waals surface area contributed by atoms with Gasteiger partial charge >= 0.3 is 18.2 Å². The molecule has 0 aromatic carbocycles. The van der Waals surface area contributed by atoms with Gasteiger partial charge in [0, 0.05) is 6.54 Å². The number of carbonyl (C=O) groups is 2. The minimum absolute atomic E-state index is 0.172. The molecule has 2 amide bonds. The number of hydrogen-bond acceptors (Lipinski definition) is 2. The Morgan fingerprint density at radius 1 is 1.40 bits per heavy atom. The Morgan fingerprint density at radius 2 is 2.05 bits per heavy atom. The van der Waals surface area contributed by atoms with E-state index in [1.807, 2.05) is 6.08 Å². The molecule has 0 aromatic heterocycles. The molecule has 1 aliphatic carbocycles. The fourth-order valence-corrected chi connectivity index (χ4v) is 1.82. The van der Waals surface area contributed by atoms with Gasteiger partial charge in [-0.25, -0.2) is 9.59 Å². The summed E-state index contributed by atoms with van der Waals surface area (Å²) in [6.07, 6.45) is 0.474. The minimum Gasteiger partial charge on any atom is -0.479 e. The van der Waals surface area contributed by atoms with Crippen LogP contribution in [0.3, 0.4) is 0 Å². The maximum Gasteiger partial charge on any atom is 0.422 e. The van der Waals surface area contributed by atoms with Gasteiger partial charge in [0.15, 0.2) is 0 Å². The molecule has 0 heterocycles. The summed E-state index contributed by atoms with van der Waals surface area (Å²) in [5.41, 5.74) is -2.15. The van der Waals surface area contributed by atoms with E-state index in [2.05, 4.69) is 5.32 Å². The molecule has 0 radical (unpaired) electrons. The second kappa shape index (κ2) is 6.15. The summed E-state index contributed by atoms with van der Waals surface area (Å²) in [6.45, 7) is 0.583. The molecule has 0 aliphatic heterocycles. The lowest BCUT2D eigenvalue weighted by atomic mass is 10.0. The summed E-state index contributed by atoms with van der Waals surface area (Å²) in [6, 6.07) is -1.15. The number of urea groups is 1. The Balaban J connectivity index is 2.48. The predicted molar refractivity (Wildman–Crippen MR) is 65.2 cm³/mol. The number of carbonyl (C=O) groups excluding carboxylic acids is 1. The van der Waals surface area contributed by atoms with E-state index >= 15 is 0 Å². The second-order valence-electron chi connectivity index (χ2n) is 4.81. The molecule has 1 rings (SSSR count). The number of amides is 2. The lowest BCUT2D eigenvalue weighted by molar-refractivity contribution is -0.203. The minimum atomic E-state index is -5.08. The zero-order chi connectivity index (χ0) is 15.4. The molecule has 114 valence electrons. The highest BCUT2D eigenvalue weighted by Crippen LogP contribution is 2.30. The summed E-state index contributed by atoms with van der Waals surface area (Å²) in [5, 5.41) is 12.3. The van der Waals surface area contributed by atoms with Crippen molar-refractivity contribution in [2.75, 3.05) is 6.54 Å². The fourth-order valence-electron chi connectivity index (χ4n) is 1.82. The maximum absolute atomic E-state index is 12.7. The molecule has 0 fully saturated rings. The molecular weight excluding hydrogens is 277 g/mol. The van der Waals surface area contributed by atoms with Gasteiger partial charge in [0.25, 0.3) is 0 Å². The summed E-state index contributed by atoms with van der Waals surface area (Å²) in [7, 11) is 0. The topological polar surface area (TPSA) is 78.4 Å². The van der Waals surface area contributed by atoms with E-state index in [1.54, 1.807) is 0 Å². The van der Waals surface area contributed by atoms with Gasteiger partial charge in [0.2, 0.25) is 5.54 Å². The first-order valence-corrected chi connectivity index (χ1v) is 6.21. The van der Waals surface area contributed by atoms with E-state index in [9.17, 15) is 22.8 Å². The van der Waals surface area contributed by atoms with Crippen molar-refractivity contribution in [2.24, 2.45) is 0 Å². The van der Waals surface area contributed by atoms with Gasteiger partial charge in [0.1, 0.15) is 0 Å². The number of carboxylic acids is 1. The number of carboxylic acid groups (broad SMARTS) is 1. The van der Waals surface area contributed by atoms with Crippen LogP contribution in [0.5, 0.6) is 0 Å². The molecule has 1 atom stereocenters. The Morgan fingerprint density at radius 3 is 2.50 bits per heavy atom. The molecule has 1 unspecified atom stereocenters. The summed E-state index contributed by atoms with van der Waals surface area (Å²) in [4.78, 5) is 22.1. The van der Waals surface area contributed by atoms with Gasteiger partial charge in [0.05, 0.1) is 0 Å². The van der Waals surface area contributed by atoms with Crippen LogP contribution in [0.4, 0.5) is 18.0 Å². The van der Waals surface area contributed by atoms with Crippen molar-refractivity contribution < 1.29 is 27.9 Å². The quantitative estimate of drug-likeness (QED) is 0.680. The largest absolute Gasteiger partial charge is 0.479 e.